The third-order valence-electron chi connectivity index (χ3n) is 3.75. The van der Waals surface area contributed by atoms with Gasteiger partial charge >= 0.3 is 0 Å². The van der Waals surface area contributed by atoms with Crippen LogP contribution in [0.1, 0.15) is 16.1 Å². The Morgan fingerprint density at radius 2 is 2.00 bits per heavy atom. The lowest BCUT2D eigenvalue weighted by Crippen LogP contribution is -2.26. The van der Waals surface area contributed by atoms with Crippen LogP contribution in [0.25, 0.3) is 10.9 Å². The summed E-state index contributed by atoms with van der Waals surface area (Å²) in [7, 11) is 3.28. The molecule has 3 aromatic rings. The van der Waals surface area contributed by atoms with Gasteiger partial charge in [0.05, 0.1) is 30.1 Å². The van der Waals surface area contributed by atoms with Gasteiger partial charge in [-0.25, -0.2) is 4.98 Å². The Morgan fingerprint density at radius 3 is 2.67 bits per heavy atom. The number of rotatable bonds is 3. The van der Waals surface area contributed by atoms with E-state index in [2.05, 4.69) is 25.9 Å². The van der Waals surface area contributed by atoms with Gasteiger partial charge in [0, 0.05) is 28.7 Å². The zero-order chi connectivity index (χ0) is 17.3. The maximum atomic E-state index is 13.0. The predicted octanol–water partition coefficient (Wildman–Crippen LogP) is 3.99. The second-order valence-corrected chi connectivity index (χ2v) is 6.31. The fourth-order valence-electron chi connectivity index (χ4n) is 2.50. The summed E-state index contributed by atoms with van der Waals surface area (Å²) in [5, 5.41) is 0.813. The number of halogens is 1. The lowest BCUT2D eigenvalue weighted by molar-refractivity contribution is 0.0994. The predicted molar refractivity (Wildman–Crippen MR) is 97.7 cm³/mol. The molecule has 2 heterocycles. The third kappa shape index (κ3) is 3.10. The molecule has 0 saturated heterocycles. The van der Waals surface area contributed by atoms with Gasteiger partial charge in [0.2, 0.25) is 5.88 Å². The Kier molecular flexibility index (Phi) is 4.49. The first kappa shape index (κ1) is 16.4. The van der Waals surface area contributed by atoms with Crippen molar-refractivity contribution in [3.05, 3.63) is 58.3 Å². The van der Waals surface area contributed by atoms with Gasteiger partial charge in [0.25, 0.3) is 5.91 Å². The van der Waals surface area contributed by atoms with Crippen LogP contribution in [0, 0.1) is 6.92 Å². The maximum absolute atomic E-state index is 13.0. The smallest absolute Gasteiger partial charge is 0.258 e. The van der Waals surface area contributed by atoms with E-state index in [1.165, 1.54) is 0 Å². The molecular formula is C18H16BrN3O2. The summed E-state index contributed by atoms with van der Waals surface area (Å²) in [5.41, 5.74) is 2.90. The number of aryl methyl sites for hydroxylation is 1. The molecule has 0 bridgehead atoms. The summed E-state index contributed by atoms with van der Waals surface area (Å²) in [5.74, 6) is 0.393. The van der Waals surface area contributed by atoms with Gasteiger partial charge in [-0.05, 0) is 37.3 Å². The molecule has 0 aliphatic heterocycles. The highest BCUT2D eigenvalue weighted by Crippen LogP contribution is 2.25. The van der Waals surface area contributed by atoms with Crippen LogP contribution in [0.2, 0.25) is 0 Å². The zero-order valence-electron chi connectivity index (χ0n) is 13.6. The molecule has 0 aliphatic carbocycles. The number of nitrogens with zero attached hydrogens (tertiary/aromatic N) is 3. The molecule has 0 N–H and O–H groups in total. The van der Waals surface area contributed by atoms with Crippen molar-refractivity contribution < 1.29 is 9.53 Å². The molecule has 0 fully saturated rings. The van der Waals surface area contributed by atoms with Crippen LogP contribution in [-0.4, -0.2) is 30.0 Å². The van der Waals surface area contributed by atoms with Crippen molar-refractivity contribution in [1.29, 1.82) is 0 Å². The molecule has 0 atom stereocenters. The van der Waals surface area contributed by atoms with E-state index in [9.17, 15) is 4.79 Å². The molecule has 122 valence electrons. The molecule has 1 amide bonds. The second-order valence-electron chi connectivity index (χ2n) is 5.40. The van der Waals surface area contributed by atoms with Gasteiger partial charge in [-0.3, -0.25) is 9.78 Å². The van der Waals surface area contributed by atoms with Crippen LogP contribution in [0.4, 0.5) is 5.69 Å². The number of methoxy groups -OCH3 is 1. The lowest BCUT2D eigenvalue weighted by Gasteiger charge is -2.18. The average Bonchev–Trinajstić information content (AvgIpc) is 2.60. The van der Waals surface area contributed by atoms with Gasteiger partial charge in [-0.1, -0.05) is 15.9 Å². The SMILES string of the molecule is COc1ccc(N(C)C(=O)c2cc(C)nc3ccc(Br)cc23)cn1. The van der Waals surface area contributed by atoms with Crippen LogP contribution in [0.5, 0.6) is 5.88 Å². The highest BCUT2D eigenvalue weighted by molar-refractivity contribution is 9.10. The number of anilines is 1. The molecule has 6 heteroatoms. The molecule has 3 rings (SSSR count). The first-order valence-corrected chi connectivity index (χ1v) is 8.14. The first-order valence-electron chi connectivity index (χ1n) is 7.34. The molecule has 2 aromatic heterocycles. The Hall–Kier alpha value is -2.47. The molecule has 24 heavy (non-hydrogen) atoms. The zero-order valence-corrected chi connectivity index (χ0v) is 15.2. The molecule has 0 unspecified atom stereocenters. The number of benzene rings is 1. The highest BCUT2D eigenvalue weighted by atomic mass is 79.9. The summed E-state index contributed by atoms with van der Waals surface area (Å²) < 4.78 is 5.96. The number of hydrogen-bond donors (Lipinski definition) is 0. The Bertz CT molecular complexity index is 910. The van der Waals surface area contributed by atoms with Crippen LogP contribution < -0.4 is 9.64 Å². The fourth-order valence-corrected chi connectivity index (χ4v) is 2.86. The topological polar surface area (TPSA) is 55.3 Å². The number of ether oxygens (including phenoxy) is 1. The van der Waals surface area contributed by atoms with E-state index < -0.39 is 0 Å². The number of carbonyl (C=O) groups excluding carboxylic acids is 1. The Labute approximate surface area is 148 Å². The molecular weight excluding hydrogens is 370 g/mol. The summed E-state index contributed by atoms with van der Waals surface area (Å²) in [4.78, 5) is 23.2. The number of fused-ring (bicyclic) bond motifs is 1. The van der Waals surface area contributed by atoms with E-state index in [4.69, 9.17) is 4.74 Å². The van der Waals surface area contributed by atoms with Gasteiger partial charge < -0.3 is 9.64 Å². The van der Waals surface area contributed by atoms with E-state index in [0.717, 1.165) is 21.1 Å². The quantitative estimate of drug-likeness (QED) is 0.683. The summed E-state index contributed by atoms with van der Waals surface area (Å²) in [6.45, 7) is 1.88. The highest BCUT2D eigenvalue weighted by Gasteiger charge is 2.18. The molecule has 0 saturated carbocycles. The molecule has 1 aromatic carbocycles. The second kappa shape index (κ2) is 6.57. The van der Waals surface area contributed by atoms with Crippen LogP contribution in [0.15, 0.2) is 47.1 Å². The number of hydrogen-bond acceptors (Lipinski definition) is 4. The lowest BCUT2D eigenvalue weighted by atomic mass is 10.1. The normalized spacial score (nSPS) is 10.7. The van der Waals surface area contributed by atoms with Crippen molar-refractivity contribution >= 4 is 38.4 Å². The minimum Gasteiger partial charge on any atom is -0.481 e. The number of carbonyl (C=O) groups is 1. The maximum Gasteiger partial charge on any atom is 0.258 e. The largest absolute Gasteiger partial charge is 0.481 e. The van der Waals surface area contributed by atoms with Gasteiger partial charge in [0.1, 0.15) is 0 Å². The van der Waals surface area contributed by atoms with Crippen molar-refractivity contribution in [3.63, 3.8) is 0 Å². The first-order chi connectivity index (χ1) is 11.5. The van der Waals surface area contributed by atoms with Gasteiger partial charge in [-0.15, -0.1) is 0 Å². The Morgan fingerprint density at radius 1 is 1.21 bits per heavy atom. The van der Waals surface area contributed by atoms with Crippen molar-refractivity contribution in [1.82, 2.24) is 9.97 Å². The Balaban J connectivity index is 2.05. The summed E-state index contributed by atoms with van der Waals surface area (Å²) in [6.07, 6.45) is 1.61. The van der Waals surface area contributed by atoms with Crippen molar-refractivity contribution in [2.45, 2.75) is 6.92 Å². The van der Waals surface area contributed by atoms with Crippen molar-refractivity contribution in [2.75, 3.05) is 19.1 Å². The van der Waals surface area contributed by atoms with Crippen LogP contribution in [-0.2, 0) is 0 Å². The summed E-state index contributed by atoms with van der Waals surface area (Å²) >= 11 is 3.46. The number of aromatic nitrogens is 2. The van der Waals surface area contributed by atoms with E-state index in [1.807, 2.05) is 31.2 Å². The van der Waals surface area contributed by atoms with Gasteiger partial charge in [-0.2, -0.15) is 0 Å². The minimum atomic E-state index is -0.115. The fraction of sp³-hybridized carbons (Fsp3) is 0.167. The van der Waals surface area contributed by atoms with Crippen molar-refractivity contribution in [3.8, 4) is 5.88 Å². The molecule has 5 nitrogen and oxygen atoms in total. The summed E-state index contributed by atoms with van der Waals surface area (Å²) in [6, 6.07) is 11.1. The van der Waals surface area contributed by atoms with Crippen LogP contribution >= 0.6 is 15.9 Å². The van der Waals surface area contributed by atoms with Gasteiger partial charge in [0.15, 0.2) is 0 Å². The molecule has 0 spiro atoms. The van der Waals surface area contributed by atoms with Crippen LogP contribution in [0.3, 0.4) is 0 Å². The van der Waals surface area contributed by atoms with E-state index in [-0.39, 0.29) is 5.91 Å². The number of pyridine rings is 2. The average molecular weight is 386 g/mol. The van der Waals surface area contributed by atoms with E-state index in [0.29, 0.717) is 17.1 Å². The van der Waals surface area contributed by atoms with E-state index in [1.54, 1.807) is 37.4 Å². The number of amides is 1. The van der Waals surface area contributed by atoms with Crippen molar-refractivity contribution in [2.24, 2.45) is 0 Å². The standard InChI is InChI=1S/C18H16BrN3O2/c1-11-8-15(14-9-12(19)4-6-16(14)21-11)18(23)22(2)13-5-7-17(24-3)20-10-13/h4-10H,1-3H3. The third-order valence-corrected chi connectivity index (χ3v) is 4.24. The monoisotopic (exact) mass is 385 g/mol. The molecule has 0 aliphatic rings. The molecule has 0 radical (unpaired) electrons. The van der Waals surface area contributed by atoms with E-state index >= 15 is 0 Å². The minimum absolute atomic E-state index is 0.115.